The third-order valence-electron chi connectivity index (χ3n) is 7.53. The van der Waals surface area contributed by atoms with E-state index in [1.54, 1.807) is 43.1 Å². The zero-order valence-corrected chi connectivity index (χ0v) is 26.5. The number of para-hydroxylation sites is 1. The van der Waals surface area contributed by atoms with Crippen LogP contribution in [0.3, 0.4) is 0 Å². The molecular weight excluding hydrogens is 568 g/mol. The molecule has 45 heavy (non-hydrogen) atoms. The maximum Gasteiger partial charge on any atom is 0.408 e. The molecule has 236 valence electrons. The molecule has 0 saturated carbocycles. The van der Waals surface area contributed by atoms with Crippen molar-refractivity contribution >= 4 is 29.2 Å². The van der Waals surface area contributed by atoms with Crippen molar-refractivity contribution in [2.45, 2.75) is 65.1 Å². The van der Waals surface area contributed by atoms with Crippen molar-refractivity contribution in [3.05, 3.63) is 112 Å². The molecule has 1 atom stereocenters. The van der Waals surface area contributed by atoms with E-state index in [9.17, 15) is 19.2 Å². The van der Waals surface area contributed by atoms with Gasteiger partial charge in [0.05, 0.1) is 18.3 Å². The molecule has 0 fully saturated rings. The molecule has 1 N–H and O–H groups in total. The molecule has 2 amide bonds. The Balaban J connectivity index is 1.45. The molecule has 2 aromatic carbocycles. The molecule has 0 unspecified atom stereocenters. The summed E-state index contributed by atoms with van der Waals surface area (Å²) in [7, 11) is 3.30. The summed E-state index contributed by atoms with van der Waals surface area (Å²) in [5.41, 5.74) is 5.16. The van der Waals surface area contributed by atoms with Gasteiger partial charge in [0.15, 0.2) is 5.78 Å². The van der Waals surface area contributed by atoms with Crippen molar-refractivity contribution in [2.24, 2.45) is 10.9 Å². The molecule has 0 radical (unpaired) electrons. The van der Waals surface area contributed by atoms with Crippen LogP contribution in [-0.2, 0) is 46.7 Å². The van der Waals surface area contributed by atoms with Gasteiger partial charge in [0.25, 0.3) is 5.56 Å². The van der Waals surface area contributed by atoms with E-state index in [1.165, 1.54) is 16.5 Å². The molecule has 4 rings (SSSR count). The Morgan fingerprint density at radius 1 is 1.02 bits per heavy atom. The van der Waals surface area contributed by atoms with Crippen LogP contribution in [0.25, 0.3) is 0 Å². The number of ether oxygens (including phenoxy) is 1. The van der Waals surface area contributed by atoms with E-state index >= 15 is 0 Å². The van der Waals surface area contributed by atoms with Crippen LogP contribution in [0.4, 0.5) is 10.5 Å². The molecule has 0 bridgehead atoms. The summed E-state index contributed by atoms with van der Waals surface area (Å²) < 4.78 is 6.93. The number of aromatic nitrogens is 1. The number of fused-ring (bicyclic) bond motifs is 1. The fourth-order valence-electron chi connectivity index (χ4n) is 5.21. The van der Waals surface area contributed by atoms with Crippen LogP contribution in [-0.4, -0.2) is 53.1 Å². The van der Waals surface area contributed by atoms with Crippen LogP contribution < -0.4 is 10.9 Å². The summed E-state index contributed by atoms with van der Waals surface area (Å²) in [5, 5.41) is 2.67. The Bertz CT molecular complexity index is 1620. The number of rotatable bonds is 14. The fourth-order valence-corrected chi connectivity index (χ4v) is 5.21. The van der Waals surface area contributed by atoms with Crippen LogP contribution in [0.1, 0.15) is 48.9 Å². The SMILES string of the molecule is CC(C)Cc1cccc2c1N=C(Cn1cccc(CC(=O)[C@H](CC/C=C/C(=O)N(C)C)NC(=O)OCc3ccccc3)c1=O)C2. The van der Waals surface area contributed by atoms with E-state index in [-0.39, 0.29) is 36.7 Å². The van der Waals surface area contributed by atoms with Crippen LogP contribution in [0.5, 0.6) is 0 Å². The van der Waals surface area contributed by atoms with Crippen molar-refractivity contribution in [3.8, 4) is 0 Å². The number of allylic oxidation sites excluding steroid dienone is 1. The summed E-state index contributed by atoms with van der Waals surface area (Å²) in [6, 6.07) is 18.0. The number of nitrogens with one attached hydrogen (secondary N) is 1. The smallest absolute Gasteiger partial charge is 0.408 e. The minimum absolute atomic E-state index is 0.0565. The van der Waals surface area contributed by atoms with Crippen molar-refractivity contribution < 1.29 is 19.1 Å². The highest BCUT2D eigenvalue weighted by atomic mass is 16.5. The maximum absolute atomic E-state index is 13.5. The van der Waals surface area contributed by atoms with Crippen LogP contribution >= 0.6 is 0 Å². The minimum Gasteiger partial charge on any atom is -0.445 e. The first kappa shape index (κ1) is 33.1. The monoisotopic (exact) mass is 610 g/mol. The highest BCUT2D eigenvalue weighted by Crippen LogP contribution is 2.32. The quantitative estimate of drug-likeness (QED) is 0.252. The Hall–Kier alpha value is -4.79. The van der Waals surface area contributed by atoms with E-state index in [0.717, 1.165) is 28.9 Å². The standard InChI is InChI=1S/C36H42N4O5/c1-25(2)20-27-14-10-15-28-21-30(37-34(27)28)23-40-19-11-16-29(35(40)43)22-32(41)31(17-8-9-18-33(42)39(3)4)38-36(44)45-24-26-12-6-5-7-13-26/h5-7,9-16,18-19,25,31H,8,17,20-24H2,1-4H3,(H,38,44)/b18-9+/t31-/m0/s1. The summed E-state index contributed by atoms with van der Waals surface area (Å²) in [4.78, 5) is 57.9. The zero-order valence-electron chi connectivity index (χ0n) is 26.5. The van der Waals surface area contributed by atoms with E-state index in [1.807, 2.05) is 30.3 Å². The van der Waals surface area contributed by atoms with Gasteiger partial charge >= 0.3 is 6.09 Å². The molecule has 0 saturated heterocycles. The average molecular weight is 611 g/mol. The Morgan fingerprint density at radius 2 is 1.78 bits per heavy atom. The Labute approximate surface area is 264 Å². The number of hydrogen-bond donors (Lipinski definition) is 1. The second-order valence-electron chi connectivity index (χ2n) is 12.0. The largest absolute Gasteiger partial charge is 0.445 e. The number of carbonyl (C=O) groups excluding carboxylic acids is 3. The van der Waals surface area contributed by atoms with E-state index in [0.29, 0.717) is 30.9 Å². The first-order valence-electron chi connectivity index (χ1n) is 15.3. The Morgan fingerprint density at radius 3 is 2.51 bits per heavy atom. The topological polar surface area (TPSA) is 110 Å². The zero-order chi connectivity index (χ0) is 32.3. The lowest BCUT2D eigenvalue weighted by Crippen LogP contribution is -2.42. The average Bonchev–Trinajstić information content (AvgIpc) is 3.43. The predicted octanol–water partition coefficient (Wildman–Crippen LogP) is 5.21. The van der Waals surface area contributed by atoms with Gasteiger partial charge < -0.3 is 19.5 Å². The molecular formula is C36H42N4O5. The highest BCUT2D eigenvalue weighted by Gasteiger charge is 2.23. The molecule has 2 heterocycles. The van der Waals surface area contributed by atoms with Gasteiger partial charge in [-0.05, 0) is 54.0 Å². The number of nitrogens with zero attached hydrogens (tertiary/aromatic N) is 3. The first-order chi connectivity index (χ1) is 21.6. The lowest BCUT2D eigenvalue weighted by Gasteiger charge is -2.17. The molecule has 1 aromatic heterocycles. The molecule has 1 aliphatic heterocycles. The van der Waals surface area contributed by atoms with Gasteiger partial charge in [-0.1, -0.05) is 74.5 Å². The lowest BCUT2D eigenvalue weighted by atomic mass is 9.98. The number of carbonyl (C=O) groups is 3. The molecule has 3 aromatic rings. The number of hydrogen-bond acceptors (Lipinski definition) is 6. The predicted molar refractivity (Wildman–Crippen MR) is 176 cm³/mol. The summed E-state index contributed by atoms with van der Waals surface area (Å²) in [6.45, 7) is 4.75. The number of benzene rings is 2. The van der Waals surface area contributed by atoms with Gasteiger partial charge in [0.1, 0.15) is 6.61 Å². The van der Waals surface area contributed by atoms with Gasteiger partial charge in [0.2, 0.25) is 5.91 Å². The normalized spacial score (nSPS) is 13.0. The van der Waals surface area contributed by atoms with Crippen LogP contribution in [0.15, 0.2) is 88.8 Å². The molecule has 9 nitrogen and oxygen atoms in total. The lowest BCUT2D eigenvalue weighted by molar-refractivity contribution is -0.123. The second kappa shape index (κ2) is 15.8. The van der Waals surface area contributed by atoms with Crippen LogP contribution in [0, 0.1) is 5.92 Å². The number of pyridine rings is 1. The summed E-state index contributed by atoms with van der Waals surface area (Å²) in [5.74, 6) is 0.00928. The highest BCUT2D eigenvalue weighted by molar-refractivity contribution is 5.94. The van der Waals surface area contributed by atoms with Gasteiger partial charge in [-0.3, -0.25) is 19.4 Å². The minimum atomic E-state index is -0.909. The van der Waals surface area contributed by atoms with E-state index in [4.69, 9.17) is 9.73 Å². The van der Waals surface area contributed by atoms with Gasteiger partial charge in [0, 0.05) is 44.4 Å². The molecule has 9 heteroatoms. The van der Waals surface area contributed by atoms with Crippen molar-refractivity contribution in [2.75, 3.05) is 14.1 Å². The number of likely N-dealkylation sites (N-methyl/N-ethyl adjacent to an activating group) is 1. The van der Waals surface area contributed by atoms with E-state index in [2.05, 4.69) is 37.4 Å². The third kappa shape index (κ3) is 9.60. The van der Waals surface area contributed by atoms with E-state index < -0.39 is 12.1 Å². The number of ketones is 1. The van der Waals surface area contributed by atoms with Crippen LogP contribution in [0.2, 0.25) is 0 Å². The van der Waals surface area contributed by atoms with Gasteiger partial charge in [-0.25, -0.2) is 4.79 Å². The van der Waals surface area contributed by atoms with Crippen molar-refractivity contribution in [1.82, 2.24) is 14.8 Å². The number of alkyl carbamates (subject to hydrolysis) is 1. The fraction of sp³-hybridized carbons (Fsp3) is 0.361. The molecule has 0 spiro atoms. The Kier molecular flexibility index (Phi) is 11.6. The third-order valence-corrected chi connectivity index (χ3v) is 7.53. The number of aliphatic imine (C=N–C) groups is 1. The first-order valence-corrected chi connectivity index (χ1v) is 15.3. The maximum atomic E-state index is 13.5. The second-order valence-corrected chi connectivity index (χ2v) is 12.0. The van der Waals surface area contributed by atoms with Crippen molar-refractivity contribution in [1.29, 1.82) is 0 Å². The molecule has 0 aliphatic carbocycles. The summed E-state index contributed by atoms with van der Waals surface area (Å²) in [6.07, 6.45) is 6.15. The summed E-state index contributed by atoms with van der Waals surface area (Å²) >= 11 is 0. The number of amides is 2. The van der Waals surface area contributed by atoms with Gasteiger partial charge in [-0.15, -0.1) is 0 Å². The van der Waals surface area contributed by atoms with Crippen molar-refractivity contribution in [3.63, 3.8) is 0 Å². The number of Topliss-reactive ketones (excluding diaryl/α,β-unsaturated/α-hetero) is 1. The van der Waals surface area contributed by atoms with Gasteiger partial charge in [-0.2, -0.15) is 0 Å². The molecule has 1 aliphatic rings.